The lowest BCUT2D eigenvalue weighted by Gasteiger charge is -2.53. The molecule has 0 aliphatic heterocycles. The zero-order valence-corrected chi connectivity index (χ0v) is 16.6. The van der Waals surface area contributed by atoms with E-state index in [1.807, 2.05) is 37.7 Å². The van der Waals surface area contributed by atoms with Crippen molar-refractivity contribution in [1.82, 2.24) is 10.2 Å². The third-order valence-corrected chi connectivity index (χ3v) is 6.68. The quantitative estimate of drug-likeness (QED) is 0.394. The van der Waals surface area contributed by atoms with Crippen LogP contribution in [0.25, 0.3) is 0 Å². The predicted molar refractivity (Wildman–Crippen MR) is 108 cm³/mol. The molecule has 0 heterocycles. The van der Waals surface area contributed by atoms with Crippen LogP contribution in [0.1, 0.15) is 67.3 Å². The molecule has 0 aromatic heterocycles. The molecule has 4 rings (SSSR count). The first-order chi connectivity index (χ1) is 13.0. The minimum Gasteiger partial charge on any atom is -0.378 e. The fraction of sp³-hybridized carbons (Fsp3) is 0.591. The number of carbonyl (C=O) groups excluding carboxylic acids is 1. The maximum atomic E-state index is 12.3. The summed E-state index contributed by atoms with van der Waals surface area (Å²) in [4.78, 5) is 14.1. The first kappa shape index (κ1) is 19.9. The number of methoxy groups -OCH3 is 1. The van der Waals surface area contributed by atoms with Crippen LogP contribution in [0.4, 0.5) is 0 Å². The highest BCUT2D eigenvalue weighted by atomic mass is 16.5. The van der Waals surface area contributed by atoms with Crippen molar-refractivity contribution in [3.8, 4) is 0 Å². The number of amides is 1. The van der Waals surface area contributed by atoms with Crippen molar-refractivity contribution in [3.63, 3.8) is 0 Å². The van der Waals surface area contributed by atoms with E-state index in [4.69, 9.17) is 10.1 Å². The van der Waals surface area contributed by atoms with Crippen LogP contribution in [0.2, 0.25) is 0 Å². The van der Waals surface area contributed by atoms with Gasteiger partial charge >= 0.3 is 0 Å². The zero-order chi connectivity index (χ0) is 19.3. The molecule has 1 amide bonds. The Balaban J connectivity index is 1.50. The zero-order valence-electron chi connectivity index (χ0n) is 16.6. The molecule has 1 aromatic rings. The highest BCUT2D eigenvalue weighted by Crippen LogP contribution is 2.54. The Kier molecular flexibility index (Phi) is 6.20. The van der Waals surface area contributed by atoms with Crippen molar-refractivity contribution < 1.29 is 9.53 Å². The molecule has 5 heteroatoms. The fourth-order valence-electron chi connectivity index (χ4n) is 4.62. The van der Waals surface area contributed by atoms with Gasteiger partial charge in [-0.3, -0.25) is 10.2 Å². The smallest absolute Gasteiger partial charge is 0.251 e. The van der Waals surface area contributed by atoms with E-state index in [0.29, 0.717) is 5.56 Å². The van der Waals surface area contributed by atoms with Gasteiger partial charge in [0.05, 0.1) is 11.9 Å². The third kappa shape index (κ3) is 4.34. The molecular weight excluding hydrogens is 338 g/mol. The van der Waals surface area contributed by atoms with Gasteiger partial charge in [0.1, 0.15) is 0 Å². The third-order valence-electron chi connectivity index (χ3n) is 6.68. The van der Waals surface area contributed by atoms with Gasteiger partial charge in [0.15, 0.2) is 0 Å². The molecule has 1 aromatic carbocycles. The molecule has 3 saturated carbocycles. The predicted octanol–water partition coefficient (Wildman–Crippen LogP) is 3.89. The van der Waals surface area contributed by atoms with E-state index < -0.39 is 0 Å². The van der Waals surface area contributed by atoms with Crippen LogP contribution in [-0.4, -0.2) is 43.4 Å². The van der Waals surface area contributed by atoms with Crippen molar-refractivity contribution in [1.29, 1.82) is 5.41 Å². The maximum absolute atomic E-state index is 12.3. The lowest BCUT2D eigenvalue weighted by molar-refractivity contribution is -0.0955. The van der Waals surface area contributed by atoms with Crippen molar-refractivity contribution in [3.05, 3.63) is 41.9 Å². The van der Waals surface area contributed by atoms with Crippen LogP contribution >= 0.6 is 0 Å². The number of benzene rings is 1. The van der Waals surface area contributed by atoms with Gasteiger partial charge < -0.3 is 15.0 Å². The average molecular weight is 371 g/mol. The molecule has 2 bridgehead atoms. The standard InChI is InChI=1S/C22H32N3O2/c1-25(17-23)16-4-3-15-24-20(26)18-5-7-19(8-6-18)21-9-12-22(27-2,13-10-21)14-11-21/h5-8,15,17,23H,3-4,9-14,16H2,1-2H3,(H,24,26). The number of nitrogens with zero attached hydrogens (tertiary/aromatic N) is 1. The molecule has 2 N–H and O–H groups in total. The Morgan fingerprint density at radius 2 is 1.81 bits per heavy atom. The summed E-state index contributed by atoms with van der Waals surface area (Å²) in [5.41, 5.74) is 2.50. The number of carbonyl (C=O) groups is 1. The second-order valence-corrected chi connectivity index (χ2v) is 8.17. The molecule has 147 valence electrons. The monoisotopic (exact) mass is 370 g/mol. The SMILES string of the molecule is COC12CCC(c3ccc(C(=O)N[CH]CCCN(C)C=N)cc3)(CC1)CC2. The molecule has 0 spiro atoms. The number of ether oxygens (including phenoxy) is 1. The summed E-state index contributed by atoms with van der Waals surface area (Å²) in [6.45, 7) is 2.64. The Hall–Kier alpha value is -1.88. The summed E-state index contributed by atoms with van der Waals surface area (Å²) >= 11 is 0. The molecule has 1 radical (unpaired) electrons. The van der Waals surface area contributed by atoms with E-state index in [0.717, 1.165) is 38.6 Å². The van der Waals surface area contributed by atoms with Crippen LogP contribution in [0.15, 0.2) is 24.3 Å². The molecule has 3 fully saturated rings. The van der Waals surface area contributed by atoms with Crippen LogP contribution in [0.3, 0.4) is 0 Å². The Labute approximate surface area is 163 Å². The summed E-state index contributed by atoms with van der Waals surface area (Å²) in [5, 5.41) is 10.0. The summed E-state index contributed by atoms with van der Waals surface area (Å²) in [6.07, 6.45) is 10.0. The minimum absolute atomic E-state index is 0.0508. The van der Waals surface area contributed by atoms with E-state index in [1.54, 1.807) is 0 Å². The van der Waals surface area contributed by atoms with Gasteiger partial charge in [0.25, 0.3) is 5.91 Å². The molecule has 0 unspecified atom stereocenters. The number of rotatable bonds is 9. The first-order valence-electron chi connectivity index (χ1n) is 10.0. The van der Waals surface area contributed by atoms with Crippen LogP contribution in [-0.2, 0) is 10.2 Å². The van der Waals surface area contributed by atoms with E-state index in [9.17, 15) is 4.79 Å². The van der Waals surface area contributed by atoms with Gasteiger partial charge in [0.2, 0.25) is 0 Å². The normalized spacial score (nSPS) is 26.6. The minimum atomic E-state index is -0.0508. The number of hydrogen-bond acceptors (Lipinski definition) is 3. The lowest BCUT2D eigenvalue weighted by Crippen LogP contribution is -2.49. The number of nitrogens with one attached hydrogen (secondary N) is 2. The van der Waals surface area contributed by atoms with Gasteiger partial charge in [-0.25, -0.2) is 0 Å². The summed E-state index contributed by atoms with van der Waals surface area (Å²) in [5.74, 6) is -0.0508. The Bertz CT molecular complexity index is 631. The van der Waals surface area contributed by atoms with Gasteiger partial charge in [-0.2, -0.15) is 0 Å². The van der Waals surface area contributed by atoms with Crippen molar-refractivity contribution in [2.24, 2.45) is 0 Å². The van der Waals surface area contributed by atoms with Gasteiger partial charge in [-0.15, -0.1) is 0 Å². The molecule has 5 nitrogen and oxygen atoms in total. The molecule has 27 heavy (non-hydrogen) atoms. The highest BCUT2D eigenvalue weighted by molar-refractivity contribution is 5.94. The molecule has 3 aliphatic rings. The van der Waals surface area contributed by atoms with Crippen LogP contribution in [0, 0.1) is 12.0 Å². The molecular formula is C22H32N3O2. The van der Waals surface area contributed by atoms with Gasteiger partial charge in [-0.1, -0.05) is 12.1 Å². The highest BCUT2D eigenvalue weighted by Gasteiger charge is 2.49. The van der Waals surface area contributed by atoms with E-state index in [-0.39, 0.29) is 16.9 Å². The largest absolute Gasteiger partial charge is 0.378 e. The second-order valence-electron chi connectivity index (χ2n) is 8.17. The van der Waals surface area contributed by atoms with E-state index >= 15 is 0 Å². The van der Waals surface area contributed by atoms with Crippen LogP contribution in [0.5, 0.6) is 0 Å². The molecule has 0 saturated heterocycles. The summed E-state index contributed by atoms with van der Waals surface area (Å²) in [7, 11) is 3.73. The second kappa shape index (κ2) is 8.42. The maximum Gasteiger partial charge on any atom is 0.251 e. The Morgan fingerprint density at radius 3 is 2.37 bits per heavy atom. The molecule has 0 atom stereocenters. The topological polar surface area (TPSA) is 65.4 Å². The average Bonchev–Trinajstić information content (AvgIpc) is 2.74. The van der Waals surface area contributed by atoms with Gasteiger partial charge in [-0.05, 0) is 74.5 Å². The summed E-state index contributed by atoms with van der Waals surface area (Å²) < 4.78 is 5.80. The van der Waals surface area contributed by atoms with E-state index in [1.165, 1.54) is 31.2 Å². The van der Waals surface area contributed by atoms with Crippen molar-refractivity contribution >= 4 is 12.2 Å². The van der Waals surface area contributed by atoms with Crippen LogP contribution < -0.4 is 5.32 Å². The van der Waals surface area contributed by atoms with E-state index in [2.05, 4.69) is 17.4 Å². The van der Waals surface area contributed by atoms with Crippen molar-refractivity contribution in [2.45, 2.75) is 62.4 Å². The lowest BCUT2D eigenvalue weighted by atomic mass is 9.56. The number of hydrogen-bond donors (Lipinski definition) is 2. The van der Waals surface area contributed by atoms with Crippen molar-refractivity contribution in [2.75, 3.05) is 20.7 Å². The number of unbranched alkanes of at least 4 members (excludes halogenated alkanes) is 1. The molecule has 3 aliphatic carbocycles. The first-order valence-corrected chi connectivity index (χ1v) is 10.0. The number of fused-ring (bicyclic) bond motifs is 3. The van der Waals surface area contributed by atoms with Gasteiger partial charge in [0, 0.05) is 32.8 Å². The summed E-state index contributed by atoms with van der Waals surface area (Å²) in [6, 6.07) is 8.23. The Morgan fingerprint density at radius 1 is 1.19 bits per heavy atom. The fourth-order valence-corrected chi connectivity index (χ4v) is 4.62.